The van der Waals surface area contributed by atoms with Crippen LogP contribution in [-0.2, 0) is 0 Å². The number of aromatic nitrogens is 2. The Balaban J connectivity index is 1.57. The van der Waals surface area contributed by atoms with Crippen LogP contribution < -0.4 is 14.8 Å². The minimum atomic E-state index is -0.118. The van der Waals surface area contributed by atoms with Crippen molar-refractivity contribution in [2.24, 2.45) is 0 Å². The second-order valence-corrected chi connectivity index (χ2v) is 6.18. The lowest BCUT2D eigenvalue weighted by Gasteiger charge is -2.18. The Kier molecular flexibility index (Phi) is 5.02. The molecule has 3 rings (SSSR count). The lowest BCUT2D eigenvalue weighted by Crippen LogP contribution is -2.34. The van der Waals surface area contributed by atoms with E-state index in [0.29, 0.717) is 24.8 Å². The van der Waals surface area contributed by atoms with Crippen LogP contribution in [0.25, 0.3) is 0 Å². The number of benzene rings is 1. The van der Waals surface area contributed by atoms with E-state index in [1.54, 1.807) is 11.1 Å². The van der Waals surface area contributed by atoms with Gasteiger partial charge in [0.1, 0.15) is 6.10 Å². The van der Waals surface area contributed by atoms with Crippen molar-refractivity contribution in [3.05, 3.63) is 41.7 Å². The predicted molar refractivity (Wildman–Crippen MR) is 94.1 cm³/mol. The summed E-state index contributed by atoms with van der Waals surface area (Å²) in [5.41, 5.74) is 3.05. The Bertz CT molecular complexity index is 745. The summed E-state index contributed by atoms with van der Waals surface area (Å²) < 4.78 is 10.8. The molecule has 1 N–H and O–H groups in total. The average Bonchev–Trinajstić information content (AvgIpc) is 3.02. The number of amides is 2. The van der Waals surface area contributed by atoms with E-state index in [4.69, 9.17) is 9.47 Å². The van der Waals surface area contributed by atoms with Gasteiger partial charge in [-0.2, -0.15) is 4.98 Å². The smallest absolute Gasteiger partial charge is 0.321 e. The van der Waals surface area contributed by atoms with E-state index in [9.17, 15) is 4.79 Å². The van der Waals surface area contributed by atoms with Gasteiger partial charge in [0, 0.05) is 18.7 Å². The second-order valence-electron chi connectivity index (χ2n) is 6.18. The number of rotatable bonds is 4. The molecule has 1 atom stereocenters. The minimum absolute atomic E-state index is 0.105. The average molecular weight is 342 g/mol. The number of aryl methyl sites for hydroxylation is 2. The van der Waals surface area contributed by atoms with Crippen LogP contribution in [0, 0.1) is 13.8 Å². The predicted octanol–water partition coefficient (Wildman–Crippen LogP) is 2.79. The molecule has 1 aliphatic rings. The molecule has 25 heavy (non-hydrogen) atoms. The first-order valence-corrected chi connectivity index (χ1v) is 8.20. The first-order valence-electron chi connectivity index (χ1n) is 8.20. The molecule has 0 bridgehead atoms. The zero-order valence-corrected chi connectivity index (χ0v) is 14.7. The summed E-state index contributed by atoms with van der Waals surface area (Å²) in [4.78, 5) is 22.4. The van der Waals surface area contributed by atoms with Crippen LogP contribution in [0.3, 0.4) is 0 Å². The standard InChI is InChI=1S/C18H22N4O3/c1-12-6-13(2)8-14(7-12)20-18(23)22-5-4-15(11-22)25-17-10-19-9-16(21-17)24-3/h6-10,15H,4-5,11H2,1-3H3,(H,20,23). The molecule has 0 spiro atoms. The summed E-state index contributed by atoms with van der Waals surface area (Å²) in [6.07, 6.45) is 3.71. The van der Waals surface area contributed by atoms with Gasteiger partial charge in [-0.25, -0.2) is 4.79 Å². The number of hydrogen-bond acceptors (Lipinski definition) is 5. The molecular weight excluding hydrogens is 320 g/mol. The third kappa shape index (κ3) is 4.37. The molecule has 2 heterocycles. The highest BCUT2D eigenvalue weighted by Gasteiger charge is 2.28. The summed E-state index contributed by atoms with van der Waals surface area (Å²) >= 11 is 0. The third-order valence-corrected chi connectivity index (χ3v) is 3.99. The zero-order chi connectivity index (χ0) is 17.8. The monoisotopic (exact) mass is 342 g/mol. The van der Waals surface area contributed by atoms with Crippen LogP contribution in [-0.4, -0.2) is 47.2 Å². The van der Waals surface area contributed by atoms with Crippen molar-refractivity contribution in [3.63, 3.8) is 0 Å². The van der Waals surface area contributed by atoms with Crippen LogP contribution in [0.5, 0.6) is 11.8 Å². The number of ether oxygens (including phenoxy) is 2. The van der Waals surface area contributed by atoms with Gasteiger partial charge in [0.15, 0.2) is 0 Å². The van der Waals surface area contributed by atoms with Gasteiger partial charge in [-0.1, -0.05) is 6.07 Å². The molecule has 7 heteroatoms. The SMILES string of the molecule is COc1cncc(OC2CCN(C(=O)Nc3cc(C)cc(C)c3)C2)n1. The third-order valence-electron chi connectivity index (χ3n) is 3.99. The van der Waals surface area contributed by atoms with E-state index in [2.05, 4.69) is 21.4 Å². The van der Waals surface area contributed by atoms with E-state index in [-0.39, 0.29) is 12.1 Å². The zero-order valence-electron chi connectivity index (χ0n) is 14.7. The molecule has 1 aromatic carbocycles. The summed E-state index contributed by atoms with van der Waals surface area (Å²) in [5, 5.41) is 2.95. The van der Waals surface area contributed by atoms with E-state index in [1.807, 2.05) is 26.0 Å². The minimum Gasteiger partial charge on any atom is -0.480 e. The summed E-state index contributed by atoms with van der Waals surface area (Å²) in [6, 6.07) is 5.87. The molecule has 2 aromatic rings. The number of hydrogen-bond donors (Lipinski definition) is 1. The fraction of sp³-hybridized carbons (Fsp3) is 0.389. The fourth-order valence-corrected chi connectivity index (χ4v) is 2.92. The molecule has 1 fully saturated rings. The molecule has 1 aromatic heterocycles. The molecule has 1 unspecified atom stereocenters. The normalized spacial score (nSPS) is 16.6. The number of nitrogens with one attached hydrogen (secondary N) is 1. The fourth-order valence-electron chi connectivity index (χ4n) is 2.92. The Morgan fingerprint density at radius 1 is 1.20 bits per heavy atom. The van der Waals surface area contributed by atoms with E-state index in [1.165, 1.54) is 13.3 Å². The molecule has 0 aliphatic carbocycles. The van der Waals surface area contributed by atoms with Crippen molar-refractivity contribution in [1.82, 2.24) is 14.9 Å². The first kappa shape index (κ1) is 17.0. The van der Waals surface area contributed by atoms with Crippen molar-refractivity contribution in [2.45, 2.75) is 26.4 Å². The van der Waals surface area contributed by atoms with Crippen LogP contribution in [0.15, 0.2) is 30.6 Å². The lowest BCUT2D eigenvalue weighted by molar-refractivity contribution is 0.188. The first-order chi connectivity index (χ1) is 12.0. The van der Waals surface area contributed by atoms with Gasteiger partial charge in [-0.15, -0.1) is 0 Å². The highest BCUT2D eigenvalue weighted by Crippen LogP contribution is 2.20. The van der Waals surface area contributed by atoms with E-state index < -0.39 is 0 Å². The van der Waals surface area contributed by atoms with Gasteiger partial charge in [-0.05, 0) is 37.1 Å². The van der Waals surface area contributed by atoms with Crippen LogP contribution in [0.4, 0.5) is 10.5 Å². The van der Waals surface area contributed by atoms with Gasteiger partial charge >= 0.3 is 6.03 Å². The number of carbonyl (C=O) groups excluding carboxylic acids is 1. The molecule has 2 amide bonds. The van der Waals surface area contributed by atoms with Crippen LogP contribution >= 0.6 is 0 Å². The molecule has 132 valence electrons. The summed E-state index contributed by atoms with van der Waals surface area (Å²) in [7, 11) is 1.53. The molecule has 1 saturated heterocycles. The van der Waals surface area contributed by atoms with E-state index in [0.717, 1.165) is 23.2 Å². The number of methoxy groups -OCH3 is 1. The highest BCUT2D eigenvalue weighted by molar-refractivity contribution is 5.89. The van der Waals surface area contributed by atoms with Crippen molar-refractivity contribution in [3.8, 4) is 11.8 Å². The quantitative estimate of drug-likeness (QED) is 0.924. The Labute approximate surface area is 147 Å². The number of urea groups is 1. The Morgan fingerprint density at radius 3 is 2.64 bits per heavy atom. The summed E-state index contributed by atoms with van der Waals surface area (Å²) in [6.45, 7) is 5.17. The molecule has 7 nitrogen and oxygen atoms in total. The topological polar surface area (TPSA) is 76.6 Å². The van der Waals surface area contributed by atoms with Gasteiger partial charge in [0.05, 0.1) is 26.0 Å². The molecule has 1 aliphatic heterocycles. The maximum absolute atomic E-state index is 12.4. The van der Waals surface area contributed by atoms with Crippen LogP contribution in [0.1, 0.15) is 17.5 Å². The summed E-state index contributed by atoms with van der Waals surface area (Å²) in [5.74, 6) is 0.806. The molecule has 0 saturated carbocycles. The van der Waals surface area contributed by atoms with Crippen LogP contribution in [0.2, 0.25) is 0 Å². The number of anilines is 1. The van der Waals surface area contributed by atoms with E-state index >= 15 is 0 Å². The van der Waals surface area contributed by atoms with Gasteiger partial charge in [-0.3, -0.25) is 4.98 Å². The van der Waals surface area contributed by atoms with Crippen molar-refractivity contribution in [1.29, 1.82) is 0 Å². The molecule has 0 radical (unpaired) electrons. The Hall–Kier alpha value is -2.83. The maximum Gasteiger partial charge on any atom is 0.321 e. The van der Waals surface area contributed by atoms with Gasteiger partial charge in [0.25, 0.3) is 0 Å². The number of carbonyl (C=O) groups is 1. The van der Waals surface area contributed by atoms with Gasteiger partial charge in [0.2, 0.25) is 11.8 Å². The van der Waals surface area contributed by atoms with Crippen molar-refractivity contribution < 1.29 is 14.3 Å². The number of likely N-dealkylation sites (tertiary alicyclic amines) is 1. The highest BCUT2D eigenvalue weighted by atomic mass is 16.5. The largest absolute Gasteiger partial charge is 0.480 e. The number of nitrogens with zero attached hydrogens (tertiary/aromatic N) is 3. The van der Waals surface area contributed by atoms with Gasteiger partial charge < -0.3 is 19.7 Å². The lowest BCUT2D eigenvalue weighted by atomic mass is 10.1. The van der Waals surface area contributed by atoms with Crippen molar-refractivity contribution >= 4 is 11.7 Å². The Morgan fingerprint density at radius 2 is 1.92 bits per heavy atom. The second kappa shape index (κ2) is 7.38. The van der Waals surface area contributed by atoms with Crippen molar-refractivity contribution in [2.75, 3.05) is 25.5 Å². The maximum atomic E-state index is 12.4. The molecular formula is C18H22N4O3.